The van der Waals surface area contributed by atoms with Crippen molar-refractivity contribution in [2.24, 2.45) is 22.7 Å². The van der Waals surface area contributed by atoms with Gasteiger partial charge in [0.05, 0.1) is 23.7 Å². The second-order valence-corrected chi connectivity index (χ2v) is 11.6. The molecule has 0 aromatic carbocycles. The number of fused-ring (bicyclic) bond motifs is 1. The minimum atomic E-state index is -0.422. The molecule has 2 aliphatic heterocycles. The van der Waals surface area contributed by atoms with Crippen molar-refractivity contribution in [3.63, 3.8) is 0 Å². The van der Waals surface area contributed by atoms with Crippen LogP contribution in [0.25, 0.3) is 0 Å². The monoisotopic (exact) mass is 420 g/mol. The van der Waals surface area contributed by atoms with E-state index in [2.05, 4.69) is 20.8 Å². The van der Waals surface area contributed by atoms with Crippen LogP contribution in [-0.2, 0) is 14.3 Å². The lowest BCUT2D eigenvalue weighted by atomic mass is 9.52. The highest BCUT2D eigenvalue weighted by Gasteiger charge is 2.63. The molecule has 0 radical (unpaired) electrons. The van der Waals surface area contributed by atoms with Gasteiger partial charge in [-0.05, 0) is 64.2 Å². The summed E-state index contributed by atoms with van der Waals surface area (Å²) in [7, 11) is 0. The fourth-order valence-corrected chi connectivity index (χ4v) is 7.73. The van der Waals surface area contributed by atoms with Crippen LogP contribution in [0.3, 0.4) is 0 Å². The molecule has 4 aliphatic rings. The Morgan fingerprint density at radius 2 is 1.77 bits per heavy atom. The standard InChI is InChI=1S/C26H44O4/c1-4-10-20-22-24(2,13-9-14-25(22,3)23(28)30-20)21(27)12-11-19-17-26(29-18-19)15-7-5-6-8-16-26/h19-22,27H,4-18H2,1-3H3. The molecule has 2 saturated carbocycles. The highest BCUT2D eigenvalue weighted by atomic mass is 16.6. The predicted molar refractivity (Wildman–Crippen MR) is 118 cm³/mol. The molecule has 0 aromatic heterocycles. The summed E-state index contributed by atoms with van der Waals surface area (Å²) in [5.41, 5.74) is -0.523. The van der Waals surface area contributed by atoms with Gasteiger partial charge in [0.2, 0.25) is 0 Å². The molecular formula is C26H44O4. The molecule has 4 rings (SSSR count). The largest absolute Gasteiger partial charge is 0.462 e. The maximum absolute atomic E-state index is 12.8. The predicted octanol–water partition coefficient (Wildman–Crippen LogP) is 5.80. The Balaban J connectivity index is 1.41. The summed E-state index contributed by atoms with van der Waals surface area (Å²) in [5, 5.41) is 11.5. The minimum absolute atomic E-state index is 0.0245. The van der Waals surface area contributed by atoms with Gasteiger partial charge in [0.15, 0.2) is 0 Å². The van der Waals surface area contributed by atoms with Crippen molar-refractivity contribution < 1.29 is 19.4 Å². The molecule has 4 fully saturated rings. The average Bonchev–Trinajstić information content (AvgIpc) is 3.11. The third-order valence-corrected chi connectivity index (χ3v) is 9.39. The lowest BCUT2D eigenvalue weighted by Crippen LogP contribution is -2.52. The second kappa shape index (κ2) is 8.73. The molecule has 2 aliphatic carbocycles. The number of carbonyl (C=O) groups excluding carboxylic acids is 1. The Kier molecular flexibility index (Phi) is 6.57. The Bertz CT molecular complexity index is 610. The SMILES string of the molecule is CCCC1OC(=O)C2(C)CCCC(C)(C(O)CCC3COC4(CCCCCC4)C3)C12. The summed E-state index contributed by atoms with van der Waals surface area (Å²) in [6.07, 6.45) is 15.2. The van der Waals surface area contributed by atoms with Gasteiger partial charge in [-0.3, -0.25) is 4.79 Å². The van der Waals surface area contributed by atoms with E-state index in [-0.39, 0.29) is 35.1 Å². The first-order valence-corrected chi connectivity index (χ1v) is 12.9. The Morgan fingerprint density at radius 3 is 2.47 bits per heavy atom. The molecule has 1 spiro atoms. The molecule has 172 valence electrons. The van der Waals surface area contributed by atoms with Crippen LogP contribution >= 0.6 is 0 Å². The molecule has 1 N–H and O–H groups in total. The van der Waals surface area contributed by atoms with Gasteiger partial charge in [-0.25, -0.2) is 0 Å². The summed E-state index contributed by atoms with van der Waals surface area (Å²) < 4.78 is 12.3. The second-order valence-electron chi connectivity index (χ2n) is 11.6. The first kappa shape index (κ1) is 22.6. The van der Waals surface area contributed by atoms with Gasteiger partial charge in [0.25, 0.3) is 0 Å². The summed E-state index contributed by atoms with van der Waals surface area (Å²) >= 11 is 0. The maximum atomic E-state index is 12.8. The van der Waals surface area contributed by atoms with Gasteiger partial charge in [-0.1, -0.05) is 52.4 Å². The molecule has 6 unspecified atom stereocenters. The number of aliphatic hydroxyl groups is 1. The smallest absolute Gasteiger partial charge is 0.312 e. The van der Waals surface area contributed by atoms with Gasteiger partial charge >= 0.3 is 5.97 Å². The average molecular weight is 421 g/mol. The van der Waals surface area contributed by atoms with E-state index in [1.807, 2.05) is 0 Å². The van der Waals surface area contributed by atoms with Gasteiger partial charge in [0, 0.05) is 11.3 Å². The van der Waals surface area contributed by atoms with Crippen LogP contribution in [0.2, 0.25) is 0 Å². The Morgan fingerprint density at radius 1 is 1.03 bits per heavy atom. The maximum Gasteiger partial charge on any atom is 0.312 e. The van der Waals surface area contributed by atoms with E-state index in [1.54, 1.807) is 0 Å². The molecule has 0 aromatic rings. The molecule has 30 heavy (non-hydrogen) atoms. The van der Waals surface area contributed by atoms with E-state index < -0.39 is 5.41 Å². The zero-order valence-electron chi connectivity index (χ0n) is 19.6. The molecule has 6 atom stereocenters. The number of aliphatic hydroxyl groups excluding tert-OH is 1. The van der Waals surface area contributed by atoms with Gasteiger partial charge in [0.1, 0.15) is 6.10 Å². The molecule has 0 bridgehead atoms. The molecule has 4 heteroatoms. The van der Waals surface area contributed by atoms with Crippen molar-refractivity contribution in [3.05, 3.63) is 0 Å². The van der Waals surface area contributed by atoms with E-state index in [0.29, 0.717) is 5.92 Å². The third-order valence-electron chi connectivity index (χ3n) is 9.39. The van der Waals surface area contributed by atoms with E-state index >= 15 is 0 Å². The number of rotatable bonds is 6. The number of ether oxygens (including phenoxy) is 2. The Hall–Kier alpha value is -0.610. The van der Waals surface area contributed by atoms with Crippen molar-refractivity contribution in [2.75, 3.05) is 6.61 Å². The minimum Gasteiger partial charge on any atom is -0.462 e. The Labute approximate surface area is 183 Å². The van der Waals surface area contributed by atoms with Crippen LogP contribution in [0.15, 0.2) is 0 Å². The molecule has 4 nitrogen and oxygen atoms in total. The first-order chi connectivity index (χ1) is 14.3. The fraction of sp³-hybridized carbons (Fsp3) is 0.962. The molecule has 2 saturated heterocycles. The molecule has 0 amide bonds. The summed E-state index contributed by atoms with van der Waals surface area (Å²) in [4.78, 5) is 12.8. The number of cyclic esters (lactones) is 1. The molecule has 2 heterocycles. The highest BCUT2D eigenvalue weighted by molar-refractivity contribution is 5.79. The topological polar surface area (TPSA) is 55.8 Å². The quantitative estimate of drug-likeness (QED) is 0.552. The van der Waals surface area contributed by atoms with Gasteiger partial charge in [-0.2, -0.15) is 0 Å². The van der Waals surface area contributed by atoms with Crippen LogP contribution in [0, 0.1) is 22.7 Å². The van der Waals surface area contributed by atoms with Crippen LogP contribution in [0.5, 0.6) is 0 Å². The first-order valence-electron chi connectivity index (χ1n) is 12.9. The zero-order chi connectivity index (χ0) is 21.4. The number of hydrogen-bond acceptors (Lipinski definition) is 4. The third kappa shape index (κ3) is 3.96. The van der Waals surface area contributed by atoms with Gasteiger partial charge in [-0.15, -0.1) is 0 Å². The van der Waals surface area contributed by atoms with Crippen molar-refractivity contribution in [1.82, 2.24) is 0 Å². The van der Waals surface area contributed by atoms with Crippen molar-refractivity contribution >= 4 is 5.97 Å². The van der Waals surface area contributed by atoms with E-state index in [0.717, 1.165) is 51.6 Å². The van der Waals surface area contributed by atoms with Crippen LogP contribution < -0.4 is 0 Å². The van der Waals surface area contributed by atoms with E-state index in [9.17, 15) is 9.90 Å². The van der Waals surface area contributed by atoms with E-state index in [1.165, 1.54) is 44.9 Å². The van der Waals surface area contributed by atoms with Crippen LogP contribution in [0.4, 0.5) is 0 Å². The summed E-state index contributed by atoms with van der Waals surface area (Å²) in [6, 6.07) is 0. The lowest BCUT2D eigenvalue weighted by Gasteiger charge is -2.50. The summed E-state index contributed by atoms with van der Waals surface area (Å²) in [5.74, 6) is 0.682. The lowest BCUT2D eigenvalue weighted by molar-refractivity contribution is -0.150. The fourth-order valence-electron chi connectivity index (χ4n) is 7.73. The van der Waals surface area contributed by atoms with Gasteiger partial charge < -0.3 is 14.6 Å². The zero-order valence-corrected chi connectivity index (χ0v) is 19.6. The number of esters is 1. The van der Waals surface area contributed by atoms with Crippen LogP contribution in [0.1, 0.15) is 111 Å². The molecular weight excluding hydrogens is 376 g/mol. The number of hydrogen-bond donors (Lipinski definition) is 1. The van der Waals surface area contributed by atoms with Crippen molar-refractivity contribution in [3.8, 4) is 0 Å². The van der Waals surface area contributed by atoms with Crippen LogP contribution in [-0.4, -0.2) is 35.5 Å². The highest BCUT2D eigenvalue weighted by Crippen LogP contribution is 2.60. The van der Waals surface area contributed by atoms with Crippen molar-refractivity contribution in [2.45, 2.75) is 128 Å². The van der Waals surface area contributed by atoms with E-state index in [4.69, 9.17) is 9.47 Å². The number of carbonyl (C=O) groups is 1. The summed E-state index contributed by atoms with van der Waals surface area (Å²) in [6.45, 7) is 7.36. The normalized spacial score (nSPS) is 42.0. The van der Waals surface area contributed by atoms with Crippen molar-refractivity contribution in [1.29, 1.82) is 0 Å².